The maximum atomic E-state index is 15.5. The molecule has 4 heteroatoms. The van der Waals surface area contributed by atoms with Gasteiger partial charge in [-0.2, -0.15) is 0 Å². The molecule has 134 valence electrons. The molecule has 0 spiro atoms. The van der Waals surface area contributed by atoms with E-state index in [1.165, 1.54) is 6.92 Å². The third-order valence-corrected chi connectivity index (χ3v) is 7.75. The fraction of sp³-hybridized carbons (Fsp3) is 0.619. The van der Waals surface area contributed by atoms with E-state index in [9.17, 15) is 14.7 Å². The van der Waals surface area contributed by atoms with E-state index in [4.69, 9.17) is 0 Å². The lowest BCUT2D eigenvalue weighted by Crippen LogP contribution is -2.59. The summed E-state index contributed by atoms with van der Waals surface area (Å²) < 4.78 is 15.5. The summed E-state index contributed by atoms with van der Waals surface area (Å²) in [7, 11) is 0. The number of fused-ring (bicyclic) bond motifs is 5. The number of halogens is 1. The highest BCUT2D eigenvalue weighted by Crippen LogP contribution is 2.66. The highest BCUT2D eigenvalue weighted by Gasteiger charge is 2.67. The van der Waals surface area contributed by atoms with Crippen molar-refractivity contribution < 1.29 is 19.1 Å². The van der Waals surface area contributed by atoms with Crippen molar-refractivity contribution in [2.24, 2.45) is 28.6 Å². The molecule has 0 aliphatic heterocycles. The molecule has 2 saturated carbocycles. The van der Waals surface area contributed by atoms with Crippen LogP contribution in [0.4, 0.5) is 4.39 Å². The molecule has 3 nitrogen and oxygen atoms in total. The van der Waals surface area contributed by atoms with Gasteiger partial charge in [0.2, 0.25) is 0 Å². The Balaban J connectivity index is 1.82. The smallest absolute Gasteiger partial charge is 0.178 e. The molecule has 0 heterocycles. The first-order valence-electron chi connectivity index (χ1n) is 9.14. The molecule has 2 fully saturated rings. The number of hydrogen-bond acceptors (Lipinski definition) is 3. The Hall–Kier alpha value is -1.55. The van der Waals surface area contributed by atoms with Gasteiger partial charge in [0.15, 0.2) is 11.6 Å². The first kappa shape index (κ1) is 16.9. The highest BCUT2D eigenvalue weighted by atomic mass is 19.1. The Labute approximate surface area is 147 Å². The van der Waals surface area contributed by atoms with Crippen molar-refractivity contribution in [1.29, 1.82) is 0 Å². The quantitative estimate of drug-likeness (QED) is 0.794. The largest absolute Gasteiger partial charge is 0.382 e. The third kappa shape index (κ3) is 1.95. The summed E-state index contributed by atoms with van der Waals surface area (Å²) >= 11 is 0. The molecule has 25 heavy (non-hydrogen) atoms. The van der Waals surface area contributed by atoms with E-state index in [-0.39, 0.29) is 35.7 Å². The van der Waals surface area contributed by atoms with Gasteiger partial charge in [0.25, 0.3) is 0 Å². The van der Waals surface area contributed by atoms with Crippen molar-refractivity contribution in [1.82, 2.24) is 0 Å². The summed E-state index contributed by atoms with van der Waals surface area (Å²) in [5.41, 5.74) is -1.82. The lowest BCUT2D eigenvalue weighted by molar-refractivity contribution is -0.162. The van der Waals surface area contributed by atoms with Crippen LogP contribution in [0.1, 0.15) is 40.0 Å². The van der Waals surface area contributed by atoms with Gasteiger partial charge in [-0.25, -0.2) is 4.39 Å². The summed E-state index contributed by atoms with van der Waals surface area (Å²) in [6.45, 7) is 5.31. The number of carbonyl (C=O) groups excluding carboxylic acids is 2. The third-order valence-electron chi connectivity index (χ3n) is 7.75. The predicted molar refractivity (Wildman–Crippen MR) is 92.4 cm³/mol. The number of alkyl halides is 1. The van der Waals surface area contributed by atoms with Crippen molar-refractivity contribution in [3.05, 3.63) is 36.0 Å². The average Bonchev–Trinajstić information content (AvgIpc) is 2.80. The van der Waals surface area contributed by atoms with Crippen LogP contribution in [0.25, 0.3) is 0 Å². The molecular formula is C21H25FO3. The van der Waals surface area contributed by atoms with Gasteiger partial charge in [-0.15, -0.1) is 0 Å². The standard InChI is InChI=1S/C21H25FO3/c1-12(23)21(25)9-7-16-15-5-4-13-10-14(24)6-8-19(13,2)18(15)17(22)11-20(16,21)3/h4-6,8,10,15-18,25H,7,9,11H2,1-3H3/t15-,16-,17-,18+,19-,20-,21-/m0/s1. The molecule has 0 aromatic carbocycles. The highest BCUT2D eigenvalue weighted by molar-refractivity contribution is 6.01. The Kier molecular flexibility index (Phi) is 3.38. The van der Waals surface area contributed by atoms with Crippen molar-refractivity contribution in [3.63, 3.8) is 0 Å². The number of allylic oxidation sites excluding steroid dienone is 6. The zero-order valence-electron chi connectivity index (χ0n) is 15.0. The Morgan fingerprint density at radius 2 is 2.04 bits per heavy atom. The Morgan fingerprint density at radius 1 is 1.32 bits per heavy atom. The van der Waals surface area contributed by atoms with Crippen molar-refractivity contribution in [2.45, 2.75) is 51.8 Å². The van der Waals surface area contributed by atoms with Crippen LogP contribution in [0.3, 0.4) is 0 Å². The monoisotopic (exact) mass is 344 g/mol. The van der Waals surface area contributed by atoms with Crippen molar-refractivity contribution in [2.75, 3.05) is 0 Å². The minimum atomic E-state index is -1.43. The normalized spacial score (nSPS) is 50.8. The molecule has 0 aromatic heterocycles. The predicted octanol–water partition coefficient (Wildman–Crippen LogP) is 3.34. The Morgan fingerprint density at radius 3 is 2.72 bits per heavy atom. The van der Waals surface area contributed by atoms with Crippen LogP contribution in [0, 0.1) is 28.6 Å². The van der Waals surface area contributed by atoms with E-state index in [0.29, 0.717) is 6.42 Å². The topological polar surface area (TPSA) is 54.4 Å². The lowest BCUT2D eigenvalue weighted by atomic mass is 9.48. The number of hydrogen-bond donors (Lipinski definition) is 1. The SMILES string of the molecule is CC(=O)[C@@]1(O)CC[C@H]2[C@@H]3C=CC4=CC(=O)C=C[C@]4(C)[C@H]3[C@@H](F)C[C@@]21C. The van der Waals surface area contributed by atoms with E-state index in [2.05, 4.69) is 0 Å². The molecule has 4 aliphatic carbocycles. The summed E-state index contributed by atoms with van der Waals surface area (Å²) in [4.78, 5) is 23.9. The van der Waals surface area contributed by atoms with Crippen molar-refractivity contribution in [3.8, 4) is 0 Å². The number of carbonyl (C=O) groups is 2. The summed E-state index contributed by atoms with van der Waals surface area (Å²) in [6.07, 6.45) is 9.15. The van der Waals surface area contributed by atoms with Gasteiger partial charge in [-0.1, -0.05) is 32.1 Å². The van der Waals surface area contributed by atoms with E-state index >= 15 is 4.39 Å². The average molecular weight is 344 g/mol. The van der Waals surface area contributed by atoms with E-state index in [1.54, 1.807) is 12.2 Å². The van der Waals surface area contributed by atoms with Gasteiger partial charge in [0, 0.05) is 16.7 Å². The molecule has 0 amide bonds. The van der Waals surface area contributed by atoms with E-state index in [1.807, 2.05) is 32.1 Å². The first-order valence-corrected chi connectivity index (χ1v) is 9.14. The van der Waals surface area contributed by atoms with Crippen LogP contribution in [-0.2, 0) is 9.59 Å². The molecule has 0 unspecified atom stereocenters. The fourth-order valence-electron chi connectivity index (χ4n) is 6.30. The maximum Gasteiger partial charge on any atom is 0.178 e. The first-order chi connectivity index (χ1) is 11.6. The van der Waals surface area contributed by atoms with Crippen LogP contribution in [0.5, 0.6) is 0 Å². The molecule has 7 atom stereocenters. The molecule has 0 aromatic rings. The number of rotatable bonds is 1. The van der Waals surface area contributed by atoms with Crippen LogP contribution in [-0.4, -0.2) is 28.4 Å². The van der Waals surface area contributed by atoms with Gasteiger partial charge in [0.1, 0.15) is 11.8 Å². The number of aliphatic hydroxyl groups is 1. The van der Waals surface area contributed by atoms with E-state index in [0.717, 1.165) is 12.0 Å². The maximum absolute atomic E-state index is 15.5. The van der Waals surface area contributed by atoms with Gasteiger partial charge in [-0.3, -0.25) is 9.59 Å². The molecule has 4 aliphatic rings. The van der Waals surface area contributed by atoms with Crippen molar-refractivity contribution >= 4 is 11.6 Å². The molecular weight excluding hydrogens is 319 g/mol. The second-order valence-corrected chi connectivity index (χ2v) is 8.78. The van der Waals surface area contributed by atoms with Gasteiger partial charge in [-0.05, 0) is 55.7 Å². The summed E-state index contributed by atoms with van der Waals surface area (Å²) in [5.74, 6) is -0.544. The summed E-state index contributed by atoms with van der Waals surface area (Å²) in [6, 6.07) is 0. The fourth-order valence-corrected chi connectivity index (χ4v) is 6.30. The lowest BCUT2D eigenvalue weighted by Gasteiger charge is -2.57. The Bertz CT molecular complexity index is 750. The molecule has 0 radical (unpaired) electrons. The van der Waals surface area contributed by atoms with Gasteiger partial charge in [0.05, 0.1) is 0 Å². The zero-order chi connectivity index (χ0) is 18.2. The van der Waals surface area contributed by atoms with Gasteiger partial charge >= 0.3 is 0 Å². The van der Waals surface area contributed by atoms with Crippen LogP contribution in [0.2, 0.25) is 0 Å². The van der Waals surface area contributed by atoms with Crippen LogP contribution in [0.15, 0.2) is 36.0 Å². The summed E-state index contributed by atoms with van der Waals surface area (Å²) in [5, 5.41) is 11.1. The minimum Gasteiger partial charge on any atom is -0.382 e. The second-order valence-electron chi connectivity index (χ2n) is 8.78. The molecule has 0 bridgehead atoms. The van der Waals surface area contributed by atoms with E-state index < -0.39 is 22.6 Å². The molecule has 4 rings (SSSR count). The second kappa shape index (κ2) is 5.00. The molecule has 0 saturated heterocycles. The van der Waals surface area contributed by atoms with Gasteiger partial charge < -0.3 is 5.11 Å². The van der Waals surface area contributed by atoms with Crippen LogP contribution < -0.4 is 0 Å². The molecule has 1 N–H and O–H groups in total. The minimum absolute atomic E-state index is 0.0397. The number of Topliss-reactive ketones (excluding diaryl/α,β-unsaturated/α-hetero) is 1. The number of ketones is 2. The van der Waals surface area contributed by atoms with Crippen LogP contribution >= 0.6 is 0 Å². The zero-order valence-corrected chi connectivity index (χ0v) is 15.0.